The van der Waals surface area contributed by atoms with Crippen LogP contribution >= 0.6 is 0 Å². The molecule has 0 spiro atoms. The number of nitrogens with zero attached hydrogens (tertiary/aromatic N) is 2. The van der Waals surface area contributed by atoms with E-state index in [1.165, 1.54) is 6.07 Å². The van der Waals surface area contributed by atoms with E-state index in [1.807, 2.05) is 6.92 Å². The second-order valence-corrected chi connectivity index (χ2v) is 9.07. The van der Waals surface area contributed by atoms with Crippen molar-refractivity contribution in [3.05, 3.63) is 35.9 Å². The molecule has 4 rings (SSSR count). The lowest BCUT2D eigenvalue weighted by Crippen LogP contribution is -2.46. The van der Waals surface area contributed by atoms with Crippen LogP contribution in [0.2, 0.25) is 0 Å². The zero-order valence-corrected chi connectivity index (χ0v) is 16.4. The molecule has 2 aromatic carbocycles. The number of carbonyl (C=O) groups is 2. The molecule has 1 unspecified atom stereocenters. The lowest BCUT2D eigenvalue weighted by Gasteiger charge is -2.25. The third-order valence-corrected chi connectivity index (χ3v) is 7.51. The van der Waals surface area contributed by atoms with Crippen LogP contribution in [0.4, 0.5) is 5.69 Å². The van der Waals surface area contributed by atoms with Crippen molar-refractivity contribution >= 4 is 38.4 Å². The van der Waals surface area contributed by atoms with Crippen molar-refractivity contribution in [2.75, 3.05) is 18.0 Å². The first-order valence-electron chi connectivity index (χ1n) is 9.48. The Kier molecular flexibility index (Phi) is 4.63. The Morgan fingerprint density at radius 3 is 2.75 bits per heavy atom. The molecule has 2 heterocycles. The molecule has 0 saturated carbocycles. The van der Waals surface area contributed by atoms with Gasteiger partial charge in [-0.15, -0.1) is 0 Å². The van der Waals surface area contributed by atoms with Crippen molar-refractivity contribution in [1.29, 1.82) is 0 Å². The Morgan fingerprint density at radius 1 is 1.25 bits per heavy atom. The van der Waals surface area contributed by atoms with Gasteiger partial charge >= 0.3 is 0 Å². The zero-order chi connectivity index (χ0) is 20.1. The molecule has 0 aromatic heterocycles. The maximum atomic E-state index is 13.3. The van der Waals surface area contributed by atoms with Gasteiger partial charge in [0.05, 0.1) is 22.6 Å². The molecular weight excluding hydrogens is 380 g/mol. The zero-order valence-electron chi connectivity index (χ0n) is 15.6. The van der Waals surface area contributed by atoms with Gasteiger partial charge in [-0.2, -0.15) is 4.31 Å². The molecule has 2 aliphatic rings. The van der Waals surface area contributed by atoms with Crippen molar-refractivity contribution in [2.24, 2.45) is 0 Å². The smallest absolute Gasteiger partial charge is 0.258 e. The van der Waals surface area contributed by atoms with Crippen LogP contribution in [0.5, 0.6) is 0 Å². The van der Waals surface area contributed by atoms with E-state index in [0.29, 0.717) is 35.0 Å². The summed E-state index contributed by atoms with van der Waals surface area (Å²) in [5, 5.41) is 12.5. The number of hydrogen-bond acceptors (Lipinski definition) is 5. The summed E-state index contributed by atoms with van der Waals surface area (Å²) in [6.07, 6.45) is 2.51. The molecular formula is C20H21N2O5S-. The predicted molar refractivity (Wildman–Crippen MR) is 102 cm³/mol. The Bertz CT molecular complexity index is 1080. The summed E-state index contributed by atoms with van der Waals surface area (Å²) in [6.45, 7) is 2.76. The number of rotatable bonds is 6. The number of aliphatic carboxylic acids is 1. The molecule has 7 nitrogen and oxygen atoms in total. The van der Waals surface area contributed by atoms with Crippen LogP contribution in [-0.2, 0) is 14.8 Å². The molecule has 28 heavy (non-hydrogen) atoms. The van der Waals surface area contributed by atoms with Gasteiger partial charge in [-0.1, -0.05) is 25.5 Å². The first-order chi connectivity index (χ1) is 13.4. The van der Waals surface area contributed by atoms with Crippen LogP contribution in [0, 0.1) is 0 Å². The van der Waals surface area contributed by atoms with Crippen LogP contribution in [0.3, 0.4) is 0 Å². The van der Waals surface area contributed by atoms with Crippen molar-refractivity contribution in [1.82, 2.24) is 4.31 Å². The number of benzene rings is 2. The van der Waals surface area contributed by atoms with Crippen molar-refractivity contribution in [3.63, 3.8) is 0 Å². The lowest BCUT2D eigenvalue weighted by atomic mass is 10.1. The lowest BCUT2D eigenvalue weighted by molar-refractivity contribution is -0.309. The van der Waals surface area contributed by atoms with Crippen molar-refractivity contribution in [3.8, 4) is 0 Å². The van der Waals surface area contributed by atoms with Gasteiger partial charge in [-0.3, -0.25) is 4.79 Å². The fraction of sp³-hybridized carbons (Fsp3) is 0.400. The summed E-state index contributed by atoms with van der Waals surface area (Å²) >= 11 is 0. The van der Waals surface area contributed by atoms with Crippen LogP contribution in [0.25, 0.3) is 10.8 Å². The first kappa shape index (κ1) is 18.9. The van der Waals surface area contributed by atoms with E-state index < -0.39 is 22.0 Å². The minimum Gasteiger partial charge on any atom is -0.548 e. The van der Waals surface area contributed by atoms with E-state index in [2.05, 4.69) is 0 Å². The number of sulfonamides is 1. The topological polar surface area (TPSA) is 97.8 Å². The Hall–Kier alpha value is -2.45. The van der Waals surface area contributed by atoms with Crippen LogP contribution in [0.1, 0.15) is 43.0 Å². The molecule has 0 bridgehead atoms. The molecule has 0 radical (unpaired) electrons. The summed E-state index contributed by atoms with van der Waals surface area (Å²) in [5.74, 6) is -1.51. The molecule has 0 aliphatic carbocycles. The largest absolute Gasteiger partial charge is 0.548 e. The molecule has 148 valence electrons. The number of hydrogen-bond donors (Lipinski definition) is 0. The fourth-order valence-corrected chi connectivity index (χ4v) is 6.01. The highest BCUT2D eigenvalue weighted by atomic mass is 32.2. The van der Waals surface area contributed by atoms with Gasteiger partial charge in [0.2, 0.25) is 10.0 Å². The number of carbonyl (C=O) groups excluding carboxylic acids is 2. The van der Waals surface area contributed by atoms with E-state index >= 15 is 0 Å². The van der Waals surface area contributed by atoms with Gasteiger partial charge in [0.15, 0.2) is 0 Å². The first-order valence-corrected chi connectivity index (χ1v) is 10.9. The monoisotopic (exact) mass is 401 g/mol. The van der Waals surface area contributed by atoms with Gasteiger partial charge in [0.25, 0.3) is 5.91 Å². The second-order valence-electron chi connectivity index (χ2n) is 7.21. The van der Waals surface area contributed by atoms with Gasteiger partial charge < -0.3 is 14.8 Å². The highest BCUT2D eigenvalue weighted by Crippen LogP contribution is 2.41. The average Bonchev–Trinajstić information content (AvgIpc) is 3.27. The number of carboxylic acids is 1. The third-order valence-electron chi connectivity index (χ3n) is 5.54. The van der Waals surface area contributed by atoms with E-state index in [0.717, 1.165) is 17.1 Å². The third kappa shape index (κ3) is 2.70. The summed E-state index contributed by atoms with van der Waals surface area (Å²) in [7, 11) is -4.03. The van der Waals surface area contributed by atoms with E-state index in [4.69, 9.17) is 0 Å². The molecule has 2 aromatic rings. The normalized spacial score (nSPS) is 19.7. The number of unbranched alkanes of at least 4 members (excludes halogenated alkanes) is 1. The SMILES string of the molecule is CCCCN1C(=O)c2cccc3c(S(=O)(=O)N4CCCC4C(=O)[O-])ccc1c23. The minimum atomic E-state index is -4.03. The Balaban J connectivity index is 1.87. The van der Waals surface area contributed by atoms with Gasteiger partial charge in [-0.05, 0) is 37.5 Å². The van der Waals surface area contributed by atoms with Gasteiger partial charge in [-0.25, -0.2) is 8.42 Å². The Labute approximate surface area is 163 Å². The maximum Gasteiger partial charge on any atom is 0.258 e. The fourth-order valence-electron chi connectivity index (χ4n) is 4.17. The molecule has 1 amide bonds. The molecule has 2 aliphatic heterocycles. The molecule has 1 atom stereocenters. The van der Waals surface area contributed by atoms with Gasteiger partial charge in [0.1, 0.15) is 0 Å². The predicted octanol–water partition coefficient (Wildman–Crippen LogP) is 1.50. The summed E-state index contributed by atoms with van der Waals surface area (Å²) in [6, 6.07) is 7.03. The van der Waals surface area contributed by atoms with Crippen molar-refractivity contribution < 1.29 is 23.1 Å². The quantitative estimate of drug-likeness (QED) is 0.731. The number of carboxylic acid groups (broad SMARTS) is 1. The highest BCUT2D eigenvalue weighted by molar-refractivity contribution is 7.89. The van der Waals surface area contributed by atoms with E-state index in [9.17, 15) is 23.1 Å². The summed E-state index contributed by atoms with van der Waals surface area (Å²) in [4.78, 5) is 25.9. The number of amides is 1. The summed E-state index contributed by atoms with van der Waals surface area (Å²) in [5.41, 5.74) is 1.19. The molecule has 1 saturated heterocycles. The number of anilines is 1. The highest BCUT2D eigenvalue weighted by Gasteiger charge is 2.38. The van der Waals surface area contributed by atoms with Crippen LogP contribution < -0.4 is 10.0 Å². The maximum absolute atomic E-state index is 13.3. The molecule has 0 N–H and O–H groups in total. The van der Waals surface area contributed by atoms with E-state index in [-0.39, 0.29) is 23.8 Å². The second kappa shape index (κ2) is 6.86. The van der Waals surface area contributed by atoms with Gasteiger partial charge in [0, 0.05) is 29.4 Å². The molecule has 8 heteroatoms. The van der Waals surface area contributed by atoms with Crippen LogP contribution in [-0.4, -0.2) is 43.7 Å². The van der Waals surface area contributed by atoms with E-state index in [1.54, 1.807) is 29.2 Å². The minimum absolute atomic E-state index is 0.0337. The van der Waals surface area contributed by atoms with Crippen LogP contribution in [0.15, 0.2) is 35.2 Å². The average molecular weight is 401 g/mol. The summed E-state index contributed by atoms with van der Waals surface area (Å²) < 4.78 is 27.6. The van der Waals surface area contributed by atoms with Crippen molar-refractivity contribution in [2.45, 2.75) is 43.5 Å². The standard InChI is InChI=1S/C20H22N2O5S/c1-2-3-11-21-15-9-10-17(13-6-4-7-14(18(13)15)19(21)23)28(26,27)22-12-5-8-16(22)20(24)25/h4,6-7,9-10,16H,2-3,5,8,11-12H2,1H3,(H,24,25)/p-1. The molecule has 1 fully saturated rings. The Morgan fingerprint density at radius 2 is 2.04 bits per heavy atom.